The van der Waals surface area contributed by atoms with Crippen LogP contribution in [0.3, 0.4) is 0 Å². The summed E-state index contributed by atoms with van der Waals surface area (Å²) in [6.45, 7) is 2.95. The molecule has 0 aromatic heterocycles. The van der Waals surface area contributed by atoms with Gasteiger partial charge in [-0.1, -0.05) is 30.3 Å². The molecule has 0 bridgehead atoms. The van der Waals surface area contributed by atoms with E-state index in [0.717, 1.165) is 5.56 Å². The van der Waals surface area contributed by atoms with Gasteiger partial charge < -0.3 is 19.9 Å². The quantitative estimate of drug-likeness (QED) is 0.255. The molecule has 0 radical (unpaired) electrons. The number of ether oxygens (including phenoxy) is 1. The van der Waals surface area contributed by atoms with Crippen molar-refractivity contribution in [3.8, 4) is 11.5 Å². The van der Waals surface area contributed by atoms with E-state index in [-0.39, 0.29) is 31.5 Å². The van der Waals surface area contributed by atoms with Crippen molar-refractivity contribution >= 4 is 23.5 Å². The molecular weight excluding hydrogens is 491 g/mol. The molecule has 0 aliphatic heterocycles. The number of carbonyl (C=O) groups is 3. The summed E-state index contributed by atoms with van der Waals surface area (Å²) < 4.78 is 19.1. The van der Waals surface area contributed by atoms with Crippen LogP contribution in [0.2, 0.25) is 0 Å². The van der Waals surface area contributed by atoms with Crippen LogP contribution in [-0.4, -0.2) is 58.5 Å². The minimum Gasteiger partial charge on any atom is -0.457 e. The highest BCUT2D eigenvalue weighted by Gasteiger charge is 2.25. The van der Waals surface area contributed by atoms with Crippen LogP contribution in [0.4, 0.5) is 14.9 Å². The zero-order chi connectivity index (χ0) is 27.5. The fourth-order valence-electron chi connectivity index (χ4n) is 3.60. The molecule has 0 spiro atoms. The van der Waals surface area contributed by atoms with Gasteiger partial charge in [0.25, 0.3) is 5.91 Å². The van der Waals surface area contributed by atoms with Gasteiger partial charge in [-0.05, 0) is 74.4 Å². The molecule has 38 heavy (non-hydrogen) atoms. The molecule has 0 aliphatic rings. The van der Waals surface area contributed by atoms with Crippen LogP contribution >= 0.6 is 0 Å². The summed E-state index contributed by atoms with van der Waals surface area (Å²) >= 11 is 0. The van der Waals surface area contributed by atoms with E-state index < -0.39 is 17.8 Å². The highest BCUT2D eigenvalue weighted by Crippen LogP contribution is 2.23. The van der Waals surface area contributed by atoms with Crippen molar-refractivity contribution in [3.63, 3.8) is 0 Å². The third-order valence-electron chi connectivity index (χ3n) is 5.66. The minimum absolute atomic E-state index is 0.163. The second-order valence-electron chi connectivity index (χ2n) is 8.82. The Hall–Kier alpha value is -4.44. The van der Waals surface area contributed by atoms with Crippen LogP contribution in [0.5, 0.6) is 11.5 Å². The fraction of sp³-hybridized carbons (Fsp3) is 0.250. The standard InChI is InChI=1S/C28H31FN4O5/c1-20(2)33(18-26(34)31-37)27(35)19-32(17-16-21-8-10-22(29)11-9-21)28(36)30-23-12-14-25(15-13-23)38-24-6-4-3-5-7-24/h3-15,20,37H,16-19H2,1-2H3,(H,30,36)(H,31,34). The average Bonchev–Trinajstić information content (AvgIpc) is 2.91. The molecule has 3 rings (SSSR count). The molecule has 9 nitrogen and oxygen atoms in total. The SMILES string of the molecule is CC(C)N(CC(=O)NO)C(=O)CN(CCc1ccc(F)cc1)C(=O)Nc1ccc(Oc2ccccc2)cc1. The molecule has 0 aliphatic carbocycles. The molecule has 3 aromatic carbocycles. The van der Waals surface area contributed by atoms with Crippen molar-refractivity contribution in [3.05, 3.63) is 90.2 Å². The molecule has 0 fully saturated rings. The summed E-state index contributed by atoms with van der Waals surface area (Å²) in [5.41, 5.74) is 2.80. The van der Waals surface area contributed by atoms with E-state index >= 15 is 0 Å². The van der Waals surface area contributed by atoms with Gasteiger partial charge >= 0.3 is 6.03 Å². The number of hydroxylamine groups is 1. The molecule has 0 atom stereocenters. The Morgan fingerprint density at radius 1 is 0.895 bits per heavy atom. The zero-order valence-corrected chi connectivity index (χ0v) is 21.3. The van der Waals surface area contributed by atoms with Crippen LogP contribution in [-0.2, 0) is 16.0 Å². The Balaban J connectivity index is 1.71. The van der Waals surface area contributed by atoms with Crippen molar-refractivity contribution in [1.29, 1.82) is 0 Å². The highest BCUT2D eigenvalue weighted by atomic mass is 19.1. The maximum absolute atomic E-state index is 13.3. The third kappa shape index (κ3) is 8.59. The maximum atomic E-state index is 13.3. The van der Waals surface area contributed by atoms with Crippen molar-refractivity contribution < 1.29 is 28.7 Å². The molecule has 10 heteroatoms. The van der Waals surface area contributed by atoms with Crippen LogP contribution in [0.15, 0.2) is 78.9 Å². The molecule has 0 saturated carbocycles. The first kappa shape index (κ1) is 28.1. The first-order valence-corrected chi connectivity index (χ1v) is 12.1. The largest absolute Gasteiger partial charge is 0.457 e. The first-order valence-electron chi connectivity index (χ1n) is 12.1. The smallest absolute Gasteiger partial charge is 0.322 e. The lowest BCUT2D eigenvalue weighted by molar-refractivity contribution is -0.141. The number of amides is 4. The molecule has 0 heterocycles. The van der Waals surface area contributed by atoms with E-state index in [4.69, 9.17) is 9.94 Å². The van der Waals surface area contributed by atoms with Crippen LogP contribution in [0.1, 0.15) is 19.4 Å². The monoisotopic (exact) mass is 522 g/mol. The lowest BCUT2D eigenvalue weighted by Crippen LogP contribution is -2.50. The number of benzene rings is 3. The number of hydrogen-bond donors (Lipinski definition) is 3. The molecule has 0 unspecified atom stereocenters. The fourth-order valence-corrected chi connectivity index (χ4v) is 3.60. The number of anilines is 1. The summed E-state index contributed by atoms with van der Waals surface area (Å²) in [4.78, 5) is 40.5. The number of carbonyl (C=O) groups excluding carboxylic acids is 3. The average molecular weight is 523 g/mol. The Morgan fingerprint density at radius 2 is 1.53 bits per heavy atom. The lowest BCUT2D eigenvalue weighted by Gasteiger charge is -2.29. The van der Waals surface area contributed by atoms with Gasteiger partial charge in [0.15, 0.2) is 0 Å². The van der Waals surface area contributed by atoms with Gasteiger partial charge in [-0.2, -0.15) is 0 Å². The van der Waals surface area contributed by atoms with Gasteiger partial charge in [0, 0.05) is 18.3 Å². The van der Waals surface area contributed by atoms with E-state index in [1.54, 1.807) is 50.2 Å². The van der Waals surface area contributed by atoms with Gasteiger partial charge in [0.1, 0.15) is 30.4 Å². The zero-order valence-electron chi connectivity index (χ0n) is 21.3. The van der Waals surface area contributed by atoms with E-state index in [1.165, 1.54) is 27.4 Å². The predicted molar refractivity (Wildman–Crippen MR) is 140 cm³/mol. The van der Waals surface area contributed by atoms with Crippen molar-refractivity contribution in [1.82, 2.24) is 15.3 Å². The highest BCUT2D eigenvalue weighted by molar-refractivity contribution is 5.93. The predicted octanol–water partition coefficient (Wildman–Crippen LogP) is 4.44. The molecule has 3 N–H and O–H groups in total. The summed E-state index contributed by atoms with van der Waals surface area (Å²) in [5, 5.41) is 11.7. The normalized spacial score (nSPS) is 10.6. The Morgan fingerprint density at radius 3 is 2.13 bits per heavy atom. The van der Waals surface area contributed by atoms with Gasteiger partial charge in [-0.25, -0.2) is 14.7 Å². The summed E-state index contributed by atoms with van der Waals surface area (Å²) in [6, 6.07) is 21.1. The number of rotatable bonds is 11. The Bertz CT molecular complexity index is 1200. The van der Waals surface area contributed by atoms with Crippen molar-refractivity contribution in [2.45, 2.75) is 26.3 Å². The van der Waals surface area contributed by atoms with Gasteiger partial charge in [0.05, 0.1) is 0 Å². The molecule has 3 aromatic rings. The van der Waals surface area contributed by atoms with Crippen LogP contribution < -0.4 is 15.5 Å². The van der Waals surface area contributed by atoms with E-state index in [0.29, 0.717) is 23.6 Å². The molecule has 0 saturated heterocycles. The minimum atomic E-state index is -0.743. The lowest BCUT2D eigenvalue weighted by atomic mass is 10.1. The number of nitrogens with zero attached hydrogens (tertiary/aromatic N) is 2. The second-order valence-corrected chi connectivity index (χ2v) is 8.82. The maximum Gasteiger partial charge on any atom is 0.322 e. The summed E-state index contributed by atoms with van der Waals surface area (Å²) in [6.07, 6.45) is 0.379. The molecule has 4 amide bonds. The van der Waals surface area contributed by atoms with Crippen LogP contribution in [0.25, 0.3) is 0 Å². The number of halogens is 1. The topological polar surface area (TPSA) is 111 Å². The van der Waals surface area contributed by atoms with Gasteiger partial charge in [-0.3, -0.25) is 14.8 Å². The number of nitrogens with one attached hydrogen (secondary N) is 2. The summed E-state index contributed by atoms with van der Waals surface area (Å²) in [5.74, 6) is -0.309. The first-order chi connectivity index (χ1) is 18.2. The van der Waals surface area contributed by atoms with Crippen molar-refractivity contribution in [2.24, 2.45) is 0 Å². The molecule has 200 valence electrons. The number of urea groups is 1. The second kappa shape index (κ2) is 13.8. The number of hydrogen-bond acceptors (Lipinski definition) is 5. The molecular formula is C28H31FN4O5. The Labute approximate surface area is 220 Å². The van der Waals surface area contributed by atoms with E-state index in [9.17, 15) is 18.8 Å². The Kier molecular flexibility index (Phi) is 10.2. The van der Waals surface area contributed by atoms with Gasteiger partial charge in [-0.15, -0.1) is 0 Å². The van der Waals surface area contributed by atoms with Crippen molar-refractivity contribution in [2.75, 3.05) is 25.0 Å². The summed E-state index contributed by atoms with van der Waals surface area (Å²) in [7, 11) is 0. The third-order valence-corrected chi connectivity index (χ3v) is 5.66. The van der Waals surface area contributed by atoms with Crippen LogP contribution in [0, 0.1) is 5.82 Å². The van der Waals surface area contributed by atoms with Gasteiger partial charge in [0.2, 0.25) is 5.91 Å². The number of para-hydroxylation sites is 1. The van der Waals surface area contributed by atoms with E-state index in [1.807, 2.05) is 30.3 Å². The van der Waals surface area contributed by atoms with E-state index in [2.05, 4.69) is 5.32 Å².